The average Bonchev–Trinajstić information content (AvgIpc) is 2.78. The van der Waals surface area contributed by atoms with Crippen LogP contribution < -0.4 is 5.73 Å². The number of hydrogen-bond donors (Lipinski definition) is 2. The maximum Gasteiger partial charge on any atom is 0.0902 e. The lowest BCUT2D eigenvalue weighted by atomic mass is 10.1. The summed E-state index contributed by atoms with van der Waals surface area (Å²) in [6.45, 7) is 2.04. The molecule has 0 aromatic heterocycles. The zero-order valence-electron chi connectivity index (χ0n) is 9.80. The average molecular weight is 250 g/mol. The van der Waals surface area contributed by atoms with Crippen LogP contribution in [0, 0.1) is 0 Å². The zero-order chi connectivity index (χ0) is 12.3. The summed E-state index contributed by atoms with van der Waals surface area (Å²) in [4.78, 5) is 2.94. The van der Waals surface area contributed by atoms with Gasteiger partial charge in [-0.05, 0) is 30.5 Å². The van der Waals surface area contributed by atoms with Gasteiger partial charge in [-0.1, -0.05) is 36.5 Å². The van der Waals surface area contributed by atoms with E-state index in [1.807, 2.05) is 12.1 Å². The smallest absolute Gasteiger partial charge is 0.0902 e. The Balaban J connectivity index is 2.02. The molecule has 17 heavy (non-hydrogen) atoms. The van der Waals surface area contributed by atoms with Crippen LogP contribution in [0.1, 0.15) is 24.0 Å². The molecular weight excluding hydrogens is 232 g/mol. The Labute approximate surface area is 107 Å². The summed E-state index contributed by atoms with van der Waals surface area (Å²) in [7, 11) is 0. The zero-order valence-corrected chi connectivity index (χ0v) is 10.6. The van der Waals surface area contributed by atoms with Gasteiger partial charge in [0.15, 0.2) is 0 Å². The molecule has 0 aliphatic carbocycles. The van der Waals surface area contributed by atoms with Crippen molar-refractivity contribution in [1.82, 2.24) is 4.90 Å². The summed E-state index contributed by atoms with van der Waals surface area (Å²) in [5.41, 5.74) is 7.93. The van der Waals surface area contributed by atoms with Crippen LogP contribution in [-0.2, 0) is 13.2 Å². The molecule has 0 saturated carbocycles. The van der Waals surface area contributed by atoms with Gasteiger partial charge in [-0.2, -0.15) is 0 Å². The number of nitrogens with zero attached hydrogens (tertiary/aromatic N) is 1. The first-order chi connectivity index (χ1) is 8.20. The van der Waals surface area contributed by atoms with E-state index in [4.69, 9.17) is 23.1 Å². The van der Waals surface area contributed by atoms with E-state index in [2.05, 4.69) is 17.0 Å². The van der Waals surface area contributed by atoms with E-state index in [0.29, 0.717) is 4.99 Å². The van der Waals surface area contributed by atoms with Gasteiger partial charge in [0, 0.05) is 6.54 Å². The Bertz CT molecular complexity index is 391. The number of benzene rings is 1. The van der Waals surface area contributed by atoms with Gasteiger partial charge < -0.3 is 10.8 Å². The van der Waals surface area contributed by atoms with E-state index in [0.717, 1.165) is 31.5 Å². The Morgan fingerprint density at radius 2 is 2.00 bits per heavy atom. The molecule has 0 radical (unpaired) electrons. The normalized spacial score (nSPS) is 20.6. The van der Waals surface area contributed by atoms with Crippen molar-refractivity contribution in [2.45, 2.75) is 32.0 Å². The van der Waals surface area contributed by atoms with Gasteiger partial charge in [0.2, 0.25) is 0 Å². The first kappa shape index (κ1) is 12.5. The molecule has 1 aromatic carbocycles. The molecule has 1 unspecified atom stereocenters. The molecule has 92 valence electrons. The highest BCUT2D eigenvalue weighted by atomic mass is 32.1. The van der Waals surface area contributed by atoms with Crippen molar-refractivity contribution in [3.8, 4) is 0 Å². The predicted molar refractivity (Wildman–Crippen MR) is 72.6 cm³/mol. The second kappa shape index (κ2) is 5.58. The van der Waals surface area contributed by atoms with E-state index in [9.17, 15) is 0 Å². The van der Waals surface area contributed by atoms with Crippen molar-refractivity contribution in [2.75, 3.05) is 6.54 Å². The molecule has 0 bridgehead atoms. The Hall–Kier alpha value is -0.970. The predicted octanol–water partition coefficient (Wildman–Crippen LogP) is 1.43. The monoisotopic (exact) mass is 250 g/mol. The van der Waals surface area contributed by atoms with Gasteiger partial charge in [-0.3, -0.25) is 4.90 Å². The highest BCUT2D eigenvalue weighted by Crippen LogP contribution is 2.20. The van der Waals surface area contributed by atoms with Gasteiger partial charge in [0.25, 0.3) is 0 Å². The molecule has 1 heterocycles. The van der Waals surface area contributed by atoms with Crippen molar-refractivity contribution in [3.63, 3.8) is 0 Å². The standard InChI is InChI=1S/C13H18N2OS/c14-13(17)12-2-1-7-15(12)8-10-3-5-11(9-16)6-4-10/h3-6,12,16H,1-2,7-9H2,(H2,14,17). The third kappa shape index (κ3) is 3.03. The van der Waals surface area contributed by atoms with Crippen LogP contribution in [0.2, 0.25) is 0 Å². The number of likely N-dealkylation sites (tertiary alicyclic amines) is 1. The van der Waals surface area contributed by atoms with Crippen molar-refractivity contribution in [2.24, 2.45) is 5.73 Å². The van der Waals surface area contributed by atoms with E-state index < -0.39 is 0 Å². The second-order valence-electron chi connectivity index (χ2n) is 4.51. The molecule has 3 nitrogen and oxygen atoms in total. The summed E-state index contributed by atoms with van der Waals surface area (Å²) < 4.78 is 0. The fraction of sp³-hybridized carbons (Fsp3) is 0.462. The first-order valence-corrected chi connectivity index (χ1v) is 6.33. The molecule has 4 heteroatoms. The molecule has 1 saturated heterocycles. The lowest BCUT2D eigenvalue weighted by Gasteiger charge is -2.23. The topological polar surface area (TPSA) is 49.5 Å². The number of nitrogens with two attached hydrogens (primary N) is 1. The van der Waals surface area contributed by atoms with Crippen LogP contribution in [0.25, 0.3) is 0 Å². The first-order valence-electron chi connectivity index (χ1n) is 5.93. The Morgan fingerprint density at radius 1 is 1.35 bits per heavy atom. The van der Waals surface area contributed by atoms with E-state index in [-0.39, 0.29) is 12.6 Å². The quantitative estimate of drug-likeness (QED) is 0.794. The summed E-state index contributed by atoms with van der Waals surface area (Å²) in [5.74, 6) is 0. The largest absolute Gasteiger partial charge is 0.392 e. The minimum absolute atomic E-state index is 0.0967. The maximum atomic E-state index is 8.98. The molecular formula is C13H18N2OS. The Kier molecular flexibility index (Phi) is 4.10. The molecule has 0 amide bonds. The fourth-order valence-corrected chi connectivity index (χ4v) is 2.59. The fourth-order valence-electron chi connectivity index (χ4n) is 2.32. The van der Waals surface area contributed by atoms with Gasteiger partial charge in [0.05, 0.1) is 17.6 Å². The van der Waals surface area contributed by atoms with Crippen molar-refractivity contribution < 1.29 is 5.11 Å². The third-order valence-electron chi connectivity index (χ3n) is 3.28. The lowest BCUT2D eigenvalue weighted by Crippen LogP contribution is -2.38. The van der Waals surface area contributed by atoms with Gasteiger partial charge in [0.1, 0.15) is 0 Å². The maximum absolute atomic E-state index is 8.98. The molecule has 1 fully saturated rings. The molecule has 1 aliphatic heterocycles. The van der Waals surface area contributed by atoms with E-state index in [1.54, 1.807) is 0 Å². The van der Waals surface area contributed by atoms with Crippen LogP contribution in [0.4, 0.5) is 0 Å². The van der Waals surface area contributed by atoms with Crippen molar-refractivity contribution >= 4 is 17.2 Å². The molecule has 2 rings (SSSR count). The summed E-state index contributed by atoms with van der Waals surface area (Å²) in [6.07, 6.45) is 2.24. The van der Waals surface area contributed by atoms with Crippen LogP contribution in [0.5, 0.6) is 0 Å². The van der Waals surface area contributed by atoms with Gasteiger partial charge in [-0.15, -0.1) is 0 Å². The molecule has 1 aliphatic rings. The van der Waals surface area contributed by atoms with Crippen LogP contribution >= 0.6 is 12.2 Å². The van der Waals surface area contributed by atoms with Crippen molar-refractivity contribution in [1.29, 1.82) is 0 Å². The minimum atomic E-state index is 0.0967. The van der Waals surface area contributed by atoms with Crippen LogP contribution in [-0.4, -0.2) is 27.6 Å². The number of aliphatic hydroxyl groups is 1. The molecule has 3 N–H and O–H groups in total. The van der Waals surface area contributed by atoms with Gasteiger partial charge in [-0.25, -0.2) is 0 Å². The molecule has 0 spiro atoms. The molecule has 1 aromatic rings. The third-order valence-corrected chi connectivity index (χ3v) is 3.56. The lowest BCUT2D eigenvalue weighted by molar-refractivity contribution is 0.281. The summed E-state index contributed by atoms with van der Waals surface area (Å²) in [6, 6.07) is 8.28. The summed E-state index contributed by atoms with van der Waals surface area (Å²) in [5, 5.41) is 8.98. The highest BCUT2D eigenvalue weighted by Gasteiger charge is 2.26. The SMILES string of the molecule is NC(=S)C1CCCN1Cc1ccc(CO)cc1. The van der Waals surface area contributed by atoms with Gasteiger partial charge >= 0.3 is 0 Å². The van der Waals surface area contributed by atoms with E-state index in [1.165, 1.54) is 5.56 Å². The molecule has 1 atom stereocenters. The van der Waals surface area contributed by atoms with Crippen molar-refractivity contribution in [3.05, 3.63) is 35.4 Å². The van der Waals surface area contributed by atoms with Crippen LogP contribution in [0.3, 0.4) is 0 Å². The van der Waals surface area contributed by atoms with E-state index >= 15 is 0 Å². The Morgan fingerprint density at radius 3 is 2.59 bits per heavy atom. The number of thiocarbonyl (C=S) groups is 1. The number of aliphatic hydroxyl groups excluding tert-OH is 1. The number of hydrogen-bond acceptors (Lipinski definition) is 3. The summed E-state index contributed by atoms with van der Waals surface area (Å²) >= 11 is 5.09. The minimum Gasteiger partial charge on any atom is -0.392 e. The highest BCUT2D eigenvalue weighted by molar-refractivity contribution is 7.80. The second-order valence-corrected chi connectivity index (χ2v) is 4.98. The van der Waals surface area contributed by atoms with Crippen LogP contribution in [0.15, 0.2) is 24.3 Å². The number of rotatable bonds is 4.